The lowest BCUT2D eigenvalue weighted by atomic mass is 9.72. The minimum absolute atomic E-state index is 0.0118. The molecular formula is C27H29NO8. The monoisotopic (exact) mass is 495 g/mol. The highest BCUT2D eigenvalue weighted by atomic mass is 16.7. The van der Waals surface area contributed by atoms with Crippen LogP contribution in [0, 0.1) is 5.92 Å². The molecule has 6 unspecified atom stereocenters. The van der Waals surface area contributed by atoms with Crippen LogP contribution in [0.1, 0.15) is 82.7 Å². The molecule has 190 valence electrons. The molecule has 1 saturated heterocycles. The van der Waals surface area contributed by atoms with E-state index in [1.807, 2.05) is 13.8 Å². The molecule has 5 rings (SSSR count). The van der Waals surface area contributed by atoms with Crippen molar-refractivity contribution >= 4 is 17.3 Å². The number of aromatic hydroxyl groups is 2. The van der Waals surface area contributed by atoms with Gasteiger partial charge in [-0.15, -0.1) is 0 Å². The molecule has 1 fully saturated rings. The first-order chi connectivity index (χ1) is 16.9. The molecule has 1 heterocycles. The van der Waals surface area contributed by atoms with E-state index < -0.39 is 46.8 Å². The molecule has 0 amide bonds. The van der Waals surface area contributed by atoms with Gasteiger partial charge in [-0.05, 0) is 19.8 Å². The van der Waals surface area contributed by atoms with Gasteiger partial charge in [-0.3, -0.25) is 14.4 Å². The third-order valence-electron chi connectivity index (χ3n) is 7.99. The van der Waals surface area contributed by atoms with Crippen molar-refractivity contribution in [3.63, 3.8) is 0 Å². The van der Waals surface area contributed by atoms with Crippen molar-refractivity contribution in [1.82, 2.24) is 0 Å². The van der Waals surface area contributed by atoms with E-state index in [1.165, 1.54) is 19.1 Å². The van der Waals surface area contributed by atoms with Crippen molar-refractivity contribution in [2.75, 3.05) is 0 Å². The van der Waals surface area contributed by atoms with Gasteiger partial charge in [-0.2, -0.15) is 0 Å². The Morgan fingerprint density at radius 3 is 2.22 bits per heavy atom. The van der Waals surface area contributed by atoms with Crippen molar-refractivity contribution in [1.29, 1.82) is 0 Å². The summed E-state index contributed by atoms with van der Waals surface area (Å²) in [6, 6.07) is 5.93. The summed E-state index contributed by atoms with van der Waals surface area (Å²) in [5, 5.41) is 33.8. The van der Waals surface area contributed by atoms with Crippen LogP contribution in [0.2, 0.25) is 0 Å². The number of carbonyl (C=O) groups excluding carboxylic acids is 3. The van der Waals surface area contributed by atoms with E-state index in [0.717, 1.165) is 0 Å². The van der Waals surface area contributed by atoms with E-state index in [9.17, 15) is 29.7 Å². The first-order valence-corrected chi connectivity index (χ1v) is 12.0. The molecule has 9 nitrogen and oxygen atoms in total. The van der Waals surface area contributed by atoms with Gasteiger partial charge in [0.25, 0.3) is 0 Å². The topological polar surface area (TPSA) is 156 Å². The third kappa shape index (κ3) is 3.57. The van der Waals surface area contributed by atoms with Crippen LogP contribution < -0.4 is 5.73 Å². The number of nitrogens with two attached hydrogens (primary N) is 1. The van der Waals surface area contributed by atoms with Gasteiger partial charge < -0.3 is 30.5 Å². The summed E-state index contributed by atoms with van der Waals surface area (Å²) < 4.78 is 12.1. The lowest BCUT2D eigenvalue weighted by Gasteiger charge is -2.42. The molecule has 1 aliphatic heterocycles. The average molecular weight is 496 g/mol. The van der Waals surface area contributed by atoms with Crippen LogP contribution in [-0.4, -0.2) is 56.7 Å². The molecular weight excluding hydrogens is 466 g/mol. The van der Waals surface area contributed by atoms with Gasteiger partial charge in [-0.25, -0.2) is 0 Å². The van der Waals surface area contributed by atoms with Crippen molar-refractivity contribution in [2.24, 2.45) is 11.7 Å². The molecule has 2 aliphatic carbocycles. The van der Waals surface area contributed by atoms with E-state index in [-0.39, 0.29) is 64.3 Å². The lowest BCUT2D eigenvalue weighted by Crippen LogP contribution is -2.49. The van der Waals surface area contributed by atoms with Gasteiger partial charge in [0.05, 0.1) is 23.3 Å². The maximum Gasteiger partial charge on any atom is 0.198 e. The smallest absolute Gasteiger partial charge is 0.198 e. The van der Waals surface area contributed by atoms with Crippen LogP contribution in [0.4, 0.5) is 0 Å². The van der Waals surface area contributed by atoms with E-state index >= 15 is 0 Å². The molecule has 9 heteroatoms. The Balaban J connectivity index is 1.66. The van der Waals surface area contributed by atoms with Crippen molar-refractivity contribution in [3.05, 3.63) is 57.6 Å². The number of ketones is 3. The highest BCUT2D eigenvalue weighted by Gasteiger charge is 2.49. The number of phenols is 2. The summed E-state index contributed by atoms with van der Waals surface area (Å²) in [6.45, 7) is 5.05. The normalized spacial score (nSPS) is 31.4. The number of Topliss-reactive ketones (excluding diaryl/α,β-unsaturated/α-hetero) is 1. The summed E-state index contributed by atoms with van der Waals surface area (Å²) in [6.07, 6.45) is -2.41. The second-order valence-electron chi connectivity index (χ2n) is 10.2. The van der Waals surface area contributed by atoms with Crippen molar-refractivity contribution in [3.8, 4) is 11.5 Å². The standard InChI is InChI=1S/C27H29NO8/c1-11-12(2)35-19(8-17(11)28)36-18-10-27(34,13(3)29)9-16-20(18)26(33)22-21(25(16)32)23(30)14-6-4-5-7-15(14)24(22)31/h4-7,11-12,17-19,32-34H,8-10,28H2,1-3H3. The Morgan fingerprint density at radius 2 is 1.67 bits per heavy atom. The third-order valence-corrected chi connectivity index (χ3v) is 7.99. The van der Waals surface area contributed by atoms with Gasteiger partial charge >= 0.3 is 0 Å². The highest BCUT2D eigenvalue weighted by molar-refractivity contribution is 6.30. The fraction of sp³-hybridized carbons (Fsp3) is 0.444. The number of aliphatic hydroxyl groups is 1. The molecule has 5 N–H and O–H groups in total. The number of benzene rings is 2. The SMILES string of the molecule is CC(=O)C1(O)Cc2c(O)c3c(c(O)c2C(OC2CC(N)C(C)C(C)O2)C1)C(=O)c1ccccc1C3=O. The highest BCUT2D eigenvalue weighted by Crippen LogP contribution is 2.52. The van der Waals surface area contributed by atoms with E-state index in [1.54, 1.807) is 12.1 Å². The molecule has 2 aromatic rings. The average Bonchev–Trinajstić information content (AvgIpc) is 2.82. The van der Waals surface area contributed by atoms with Crippen LogP contribution in [0.3, 0.4) is 0 Å². The molecule has 0 saturated carbocycles. The second kappa shape index (κ2) is 8.48. The Labute approximate surface area is 207 Å². The Hall–Kier alpha value is -3.11. The number of fused-ring (bicyclic) bond motifs is 3. The number of carbonyl (C=O) groups is 3. The quantitative estimate of drug-likeness (QED) is 0.400. The van der Waals surface area contributed by atoms with E-state index in [4.69, 9.17) is 15.2 Å². The summed E-state index contributed by atoms with van der Waals surface area (Å²) in [4.78, 5) is 39.1. The molecule has 0 bridgehead atoms. The number of hydrogen-bond donors (Lipinski definition) is 4. The number of phenolic OH excluding ortho intramolecular Hbond substituents is 2. The van der Waals surface area contributed by atoms with Gasteiger partial charge in [0.2, 0.25) is 0 Å². The first kappa shape index (κ1) is 24.6. The van der Waals surface area contributed by atoms with Crippen LogP contribution in [0.5, 0.6) is 11.5 Å². The fourth-order valence-electron chi connectivity index (χ4n) is 5.54. The summed E-state index contributed by atoms with van der Waals surface area (Å²) in [5.74, 6) is -2.79. The molecule has 2 aromatic carbocycles. The zero-order valence-electron chi connectivity index (χ0n) is 20.3. The summed E-state index contributed by atoms with van der Waals surface area (Å²) in [5.41, 5.74) is 3.92. The van der Waals surface area contributed by atoms with Crippen LogP contribution in [-0.2, 0) is 20.7 Å². The van der Waals surface area contributed by atoms with Gasteiger partial charge in [0, 0.05) is 47.6 Å². The molecule has 0 radical (unpaired) electrons. The largest absolute Gasteiger partial charge is 0.507 e. The van der Waals surface area contributed by atoms with Crippen LogP contribution in [0.25, 0.3) is 0 Å². The zero-order chi connectivity index (χ0) is 26.1. The maximum absolute atomic E-state index is 13.4. The Bertz CT molecular complexity index is 1290. The van der Waals surface area contributed by atoms with E-state index in [0.29, 0.717) is 6.42 Å². The van der Waals surface area contributed by atoms with Gasteiger partial charge in [0.15, 0.2) is 23.6 Å². The molecule has 0 aromatic heterocycles. The molecule has 36 heavy (non-hydrogen) atoms. The minimum atomic E-state index is -1.93. The van der Waals surface area contributed by atoms with E-state index in [2.05, 4.69) is 0 Å². The number of ether oxygens (including phenoxy) is 2. The lowest BCUT2D eigenvalue weighted by molar-refractivity contribution is -0.236. The number of rotatable bonds is 3. The first-order valence-electron chi connectivity index (χ1n) is 12.0. The van der Waals surface area contributed by atoms with Crippen molar-refractivity contribution in [2.45, 2.75) is 70.2 Å². The van der Waals surface area contributed by atoms with Gasteiger partial charge in [-0.1, -0.05) is 31.2 Å². The minimum Gasteiger partial charge on any atom is -0.507 e. The summed E-state index contributed by atoms with van der Waals surface area (Å²) >= 11 is 0. The Kier molecular flexibility index (Phi) is 5.79. The van der Waals surface area contributed by atoms with Crippen LogP contribution in [0.15, 0.2) is 24.3 Å². The van der Waals surface area contributed by atoms with Crippen molar-refractivity contribution < 1.29 is 39.2 Å². The maximum atomic E-state index is 13.4. The predicted molar refractivity (Wildman–Crippen MR) is 127 cm³/mol. The molecule has 6 atom stereocenters. The Morgan fingerprint density at radius 1 is 1.08 bits per heavy atom. The molecule has 3 aliphatic rings. The fourth-order valence-corrected chi connectivity index (χ4v) is 5.54. The second-order valence-corrected chi connectivity index (χ2v) is 10.2. The summed E-state index contributed by atoms with van der Waals surface area (Å²) in [7, 11) is 0. The zero-order valence-corrected chi connectivity index (χ0v) is 20.3. The predicted octanol–water partition coefficient (Wildman–Crippen LogP) is 2.30. The van der Waals surface area contributed by atoms with Crippen LogP contribution >= 0.6 is 0 Å². The molecule has 0 spiro atoms. The van der Waals surface area contributed by atoms with Gasteiger partial charge in [0.1, 0.15) is 17.1 Å². The number of hydrogen-bond acceptors (Lipinski definition) is 9.